The monoisotopic (exact) mass is 425 g/mol. The first-order valence-corrected chi connectivity index (χ1v) is 9.26. The second kappa shape index (κ2) is 9.36. The van der Waals surface area contributed by atoms with Crippen LogP contribution < -0.4 is 9.47 Å². The van der Waals surface area contributed by atoms with Gasteiger partial charge < -0.3 is 24.2 Å². The van der Waals surface area contributed by atoms with E-state index in [9.17, 15) is 23.1 Å². The molecular weight excluding hydrogens is 403 g/mol. The van der Waals surface area contributed by atoms with E-state index < -0.39 is 35.5 Å². The van der Waals surface area contributed by atoms with Crippen LogP contribution in [0.1, 0.15) is 17.2 Å². The Bertz CT molecular complexity index is 901. The number of hydrogen-bond donors (Lipinski definition) is 1. The Hall–Kier alpha value is -2.78. The normalized spacial score (nSPS) is 18.9. The van der Waals surface area contributed by atoms with E-state index in [-0.39, 0.29) is 31.7 Å². The van der Waals surface area contributed by atoms with Gasteiger partial charge in [-0.3, -0.25) is 4.79 Å². The standard InChI is InChI=1S/C21H22F3NO5/c1-28-16-4-3-13(10-17(16)29-2)21-18(11-26)30-6-5-25(21)19(27)9-12-7-14(22)20(24)15(23)8-12/h3-4,7-8,10,18,21,26H,5-6,9,11H2,1-2H3. The van der Waals surface area contributed by atoms with Gasteiger partial charge >= 0.3 is 0 Å². The number of morpholine rings is 1. The summed E-state index contributed by atoms with van der Waals surface area (Å²) in [5, 5.41) is 9.78. The highest BCUT2D eigenvalue weighted by atomic mass is 19.2. The van der Waals surface area contributed by atoms with Crippen LogP contribution in [0.25, 0.3) is 0 Å². The van der Waals surface area contributed by atoms with Crippen molar-refractivity contribution in [1.29, 1.82) is 0 Å². The summed E-state index contributed by atoms with van der Waals surface area (Å²) in [5.41, 5.74) is 0.644. The molecular formula is C21H22F3NO5. The van der Waals surface area contributed by atoms with E-state index in [1.54, 1.807) is 18.2 Å². The summed E-state index contributed by atoms with van der Waals surface area (Å²) in [7, 11) is 2.97. The molecule has 0 aromatic heterocycles. The number of amides is 1. The average molecular weight is 425 g/mol. The number of halogens is 3. The molecule has 162 valence electrons. The number of hydrogen-bond acceptors (Lipinski definition) is 5. The molecule has 0 bridgehead atoms. The summed E-state index contributed by atoms with van der Waals surface area (Å²) in [6.07, 6.45) is -1.04. The minimum atomic E-state index is -1.58. The third-order valence-electron chi connectivity index (χ3n) is 5.00. The zero-order valence-electron chi connectivity index (χ0n) is 16.5. The lowest BCUT2D eigenvalue weighted by atomic mass is 9.96. The second-order valence-corrected chi connectivity index (χ2v) is 6.79. The first-order valence-electron chi connectivity index (χ1n) is 9.26. The third kappa shape index (κ3) is 4.36. The lowest BCUT2D eigenvalue weighted by molar-refractivity contribution is -0.149. The molecule has 0 radical (unpaired) electrons. The fourth-order valence-electron chi connectivity index (χ4n) is 3.58. The zero-order valence-corrected chi connectivity index (χ0v) is 16.5. The fourth-order valence-corrected chi connectivity index (χ4v) is 3.58. The smallest absolute Gasteiger partial charge is 0.227 e. The summed E-state index contributed by atoms with van der Waals surface area (Å²) in [6.45, 7) is 0.0516. The first-order chi connectivity index (χ1) is 14.4. The largest absolute Gasteiger partial charge is 0.493 e. The molecule has 1 aliphatic heterocycles. The van der Waals surface area contributed by atoms with Crippen molar-refractivity contribution in [3.05, 3.63) is 58.9 Å². The van der Waals surface area contributed by atoms with Gasteiger partial charge in [-0.25, -0.2) is 13.2 Å². The molecule has 0 aliphatic carbocycles. The van der Waals surface area contributed by atoms with Crippen LogP contribution in [0.15, 0.2) is 30.3 Å². The highest BCUT2D eigenvalue weighted by Gasteiger charge is 2.36. The van der Waals surface area contributed by atoms with Crippen molar-refractivity contribution in [1.82, 2.24) is 4.90 Å². The minimum absolute atomic E-state index is 0.00880. The molecule has 0 spiro atoms. The molecule has 1 aliphatic rings. The summed E-state index contributed by atoms with van der Waals surface area (Å²) in [6, 6.07) is 6.01. The Labute approximate surface area is 171 Å². The molecule has 1 fully saturated rings. The third-order valence-corrected chi connectivity index (χ3v) is 5.00. The lowest BCUT2D eigenvalue weighted by Gasteiger charge is -2.41. The van der Waals surface area contributed by atoms with E-state index in [0.717, 1.165) is 12.1 Å². The molecule has 9 heteroatoms. The van der Waals surface area contributed by atoms with Crippen LogP contribution in [-0.4, -0.2) is 56.0 Å². The van der Waals surface area contributed by atoms with Crippen LogP contribution in [0.4, 0.5) is 13.2 Å². The maximum atomic E-state index is 13.5. The molecule has 1 saturated heterocycles. The number of benzene rings is 2. The molecule has 0 saturated carbocycles. The van der Waals surface area contributed by atoms with Crippen molar-refractivity contribution in [3.8, 4) is 11.5 Å². The van der Waals surface area contributed by atoms with Gasteiger partial charge in [0, 0.05) is 6.54 Å². The Morgan fingerprint density at radius 2 is 1.80 bits per heavy atom. The van der Waals surface area contributed by atoms with E-state index >= 15 is 0 Å². The number of carbonyl (C=O) groups is 1. The summed E-state index contributed by atoms with van der Waals surface area (Å²) >= 11 is 0. The maximum Gasteiger partial charge on any atom is 0.227 e. The van der Waals surface area contributed by atoms with Gasteiger partial charge in [-0.15, -0.1) is 0 Å². The van der Waals surface area contributed by atoms with Gasteiger partial charge in [0.1, 0.15) is 6.10 Å². The highest BCUT2D eigenvalue weighted by molar-refractivity contribution is 5.79. The highest BCUT2D eigenvalue weighted by Crippen LogP contribution is 2.36. The van der Waals surface area contributed by atoms with Crippen molar-refractivity contribution >= 4 is 5.91 Å². The molecule has 6 nitrogen and oxygen atoms in total. The summed E-state index contributed by atoms with van der Waals surface area (Å²) in [4.78, 5) is 14.5. The summed E-state index contributed by atoms with van der Waals surface area (Å²) < 4.78 is 56.4. The molecule has 30 heavy (non-hydrogen) atoms. The van der Waals surface area contributed by atoms with Gasteiger partial charge in [0.2, 0.25) is 5.91 Å². The summed E-state index contributed by atoms with van der Waals surface area (Å²) in [5.74, 6) is -3.81. The minimum Gasteiger partial charge on any atom is -0.493 e. The van der Waals surface area contributed by atoms with Crippen LogP contribution in [0, 0.1) is 17.5 Å². The van der Waals surface area contributed by atoms with Crippen molar-refractivity contribution in [2.75, 3.05) is 34.0 Å². The van der Waals surface area contributed by atoms with Gasteiger partial charge in [0.05, 0.1) is 39.9 Å². The quantitative estimate of drug-likeness (QED) is 0.721. The Kier molecular flexibility index (Phi) is 6.84. The number of ether oxygens (including phenoxy) is 3. The van der Waals surface area contributed by atoms with Crippen LogP contribution >= 0.6 is 0 Å². The number of methoxy groups -OCH3 is 2. The van der Waals surface area contributed by atoms with E-state index in [1.165, 1.54) is 19.1 Å². The molecule has 3 rings (SSSR count). The predicted molar refractivity (Wildman–Crippen MR) is 101 cm³/mol. The topological polar surface area (TPSA) is 68.2 Å². The number of carbonyl (C=O) groups excluding carboxylic acids is 1. The van der Waals surface area contributed by atoms with E-state index in [0.29, 0.717) is 17.1 Å². The van der Waals surface area contributed by atoms with Crippen LogP contribution in [0.5, 0.6) is 11.5 Å². The van der Waals surface area contributed by atoms with Gasteiger partial charge in [-0.05, 0) is 35.4 Å². The number of aliphatic hydroxyl groups is 1. The van der Waals surface area contributed by atoms with Gasteiger partial charge in [-0.1, -0.05) is 6.07 Å². The van der Waals surface area contributed by atoms with Crippen molar-refractivity contribution in [2.24, 2.45) is 0 Å². The molecule has 2 aromatic carbocycles. The van der Waals surface area contributed by atoms with E-state index in [1.807, 2.05) is 0 Å². The molecule has 1 heterocycles. The average Bonchev–Trinajstić information content (AvgIpc) is 2.76. The zero-order chi connectivity index (χ0) is 21.8. The van der Waals surface area contributed by atoms with E-state index in [4.69, 9.17) is 14.2 Å². The lowest BCUT2D eigenvalue weighted by Crippen LogP contribution is -2.50. The van der Waals surface area contributed by atoms with Crippen LogP contribution in [0.3, 0.4) is 0 Å². The Morgan fingerprint density at radius 1 is 1.13 bits per heavy atom. The first kappa shape index (κ1) is 21.9. The molecule has 2 unspecified atom stereocenters. The van der Waals surface area contributed by atoms with Gasteiger partial charge in [0.25, 0.3) is 0 Å². The number of rotatable bonds is 6. The number of nitrogens with zero attached hydrogens (tertiary/aromatic N) is 1. The van der Waals surface area contributed by atoms with E-state index in [2.05, 4.69) is 0 Å². The van der Waals surface area contributed by atoms with Gasteiger partial charge in [-0.2, -0.15) is 0 Å². The molecule has 1 amide bonds. The Balaban J connectivity index is 1.92. The SMILES string of the molecule is COc1ccc(C2C(CO)OCCN2C(=O)Cc2cc(F)c(F)c(F)c2)cc1OC. The molecule has 1 N–H and O–H groups in total. The predicted octanol–water partition coefficient (Wildman–Crippen LogP) is 2.62. The molecule has 2 aromatic rings. The fraction of sp³-hybridized carbons (Fsp3) is 0.381. The van der Waals surface area contributed by atoms with Gasteiger partial charge in [0.15, 0.2) is 29.0 Å². The Morgan fingerprint density at radius 3 is 2.40 bits per heavy atom. The van der Waals surface area contributed by atoms with Crippen LogP contribution in [0.2, 0.25) is 0 Å². The maximum absolute atomic E-state index is 13.5. The van der Waals surface area contributed by atoms with Crippen molar-refractivity contribution in [3.63, 3.8) is 0 Å². The van der Waals surface area contributed by atoms with Crippen molar-refractivity contribution in [2.45, 2.75) is 18.6 Å². The number of aliphatic hydroxyl groups excluding tert-OH is 1. The second-order valence-electron chi connectivity index (χ2n) is 6.79. The van der Waals surface area contributed by atoms with Crippen molar-refractivity contribution < 1.29 is 37.3 Å². The van der Waals surface area contributed by atoms with Crippen LogP contribution in [-0.2, 0) is 16.0 Å². The molecule has 2 atom stereocenters.